The van der Waals surface area contributed by atoms with Crippen molar-refractivity contribution in [3.8, 4) is 22.5 Å². The second kappa shape index (κ2) is 9.31. The van der Waals surface area contributed by atoms with Crippen LogP contribution in [0.25, 0.3) is 33.8 Å². The van der Waals surface area contributed by atoms with Crippen LogP contribution in [0.1, 0.15) is 0 Å². The molecule has 0 fully saturated rings. The number of rotatable bonds is 2. The zero-order valence-electron chi connectivity index (χ0n) is 17.0. The Morgan fingerprint density at radius 2 is 1.27 bits per heavy atom. The van der Waals surface area contributed by atoms with Gasteiger partial charge in [-0.2, -0.15) is 0 Å². The highest BCUT2D eigenvalue weighted by atomic mass is 79.9. The van der Waals surface area contributed by atoms with E-state index >= 15 is 0 Å². The molecule has 6 rings (SSSR count). The SMILES string of the molecule is Clc1nc(-c2ccccc2)cn2c(Br)cnc12.Clc1nc(-c2ccccc2)cn2ccnc12. The lowest BCUT2D eigenvalue weighted by Gasteiger charge is -2.03. The molecule has 6 aromatic rings. The second-order valence-electron chi connectivity index (χ2n) is 7.00. The Bertz CT molecular complexity index is 1550. The van der Waals surface area contributed by atoms with Crippen molar-refractivity contribution in [1.29, 1.82) is 0 Å². The van der Waals surface area contributed by atoms with Crippen LogP contribution in [0.5, 0.6) is 0 Å². The van der Waals surface area contributed by atoms with Crippen LogP contribution in [0.2, 0.25) is 10.3 Å². The van der Waals surface area contributed by atoms with Crippen molar-refractivity contribution in [3.05, 3.63) is 107 Å². The lowest BCUT2D eigenvalue weighted by atomic mass is 10.2. The van der Waals surface area contributed by atoms with Crippen molar-refractivity contribution in [3.63, 3.8) is 0 Å². The van der Waals surface area contributed by atoms with Gasteiger partial charge in [-0.3, -0.25) is 4.40 Å². The monoisotopic (exact) mass is 536 g/mol. The van der Waals surface area contributed by atoms with Gasteiger partial charge >= 0.3 is 0 Å². The van der Waals surface area contributed by atoms with Crippen LogP contribution < -0.4 is 0 Å². The quantitative estimate of drug-likeness (QED) is 0.242. The first-order chi connectivity index (χ1) is 16.1. The van der Waals surface area contributed by atoms with Crippen LogP contribution in [0, 0.1) is 0 Å². The summed E-state index contributed by atoms with van der Waals surface area (Å²) in [5.74, 6) is 0. The zero-order valence-corrected chi connectivity index (χ0v) is 20.1. The van der Waals surface area contributed by atoms with E-state index in [-0.39, 0.29) is 0 Å². The van der Waals surface area contributed by atoms with Crippen molar-refractivity contribution in [2.75, 3.05) is 0 Å². The molecule has 0 unspecified atom stereocenters. The van der Waals surface area contributed by atoms with Crippen LogP contribution in [0.15, 0.2) is 96.3 Å². The van der Waals surface area contributed by atoms with E-state index in [0.717, 1.165) is 27.1 Å². The van der Waals surface area contributed by atoms with E-state index in [1.165, 1.54) is 0 Å². The summed E-state index contributed by atoms with van der Waals surface area (Å²) in [6.45, 7) is 0. The predicted molar refractivity (Wildman–Crippen MR) is 135 cm³/mol. The topological polar surface area (TPSA) is 60.4 Å². The van der Waals surface area contributed by atoms with E-state index in [1.807, 2.05) is 88.1 Å². The van der Waals surface area contributed by atoms with Crippen molar-refractivity contribution in [2.45, 2.75) is 0 Å². The molecular formula is C24H15BrCl2N6. The fraction of sp³-hybridized carbons (Fsp3) is 0. The first-order valence-corrected chi connectivity index (χ1v) is 11.4. The third-order valence-electron chi connectivity index (χ3n) is 4.88. The van der Waals surface area contributed by atoms with E-state index in [0.29, 0.717) is 21.6 Å². The molecule has 6 nitrogen and oxygen atoms in total. The molecule has 0 saturated heterocycles. The lowest BCUT2D eigenvalue weighted by molar-refractivity contribution is 1.11. The van der Waals surface area contributed by atoms with Gasteiger partial charge in [-0.25, -0.2) is 19.9 Å². The molecule has 4 heterocycles. The molecule has 0 bridgehead atoms. The van der Waals surface area contributed by atoms with Crippen LogP contribution in [0.3, 0.4) is 0 Å². The molecule has 2 aromatic carbocycles. The standard InChI is InChI=1S/C12H7BrClN3.C12H8ClN3/c13-10-6-15-12-11(14)16-9(7-17(10)12)8-4-2-1-3-5-8;13-11-12-14-6-7-16(12)8-10(15-11)9-4-2-1-3-5-9/h1-7H;1-8H. The summed E-state index contributed by atoms with van der Waals surface area (Å²) in [5, 5.41) is 0.823. The summed E-state index contributed by atoms with van der Waals surface area (Å²) in [5.41, 5.74) is 5.06. The van der Waals surface area contributed by atoms with Gasteiger partial charge < -0.3 is 4.40 Å². The Kier molecular flexibility index (Phi) is 6.09. The molecule has 162 valence electrons. The van der Waals surface area contributed by atoms with Gasteiger partial charge in [0.15, 0.2) is 21.6 Å². The number of benzene rings is 2. The summed E-state index contributed by atoms with van der Waals surface area (Å²) in [4.78, 5) is 17.0. The number of aromatic nitrogens is 6. The smallest absolute Gasteiger partial charge is 0.175 e. The van der Waals surface area contributed by atoms with E-state index in [1.54, 1.807) is 12.4 Å². The summed E-state index contributed by atoms with van der Waals surface area (Å²) in [7, 11) is 0. The highest BCUT2D eigenvalue weighted by Crippen LogP contribution is 2.24. The Balaban J connectivity index is 0.000000139. The fourth-order valence-electron chi connectivity index (χ4n) is 3.31. The summed E-state index contributed by atoms with van der Waals surface area (Å²) in [6, 6.07) is 19.8. The van der Waals surface area contributed by atoms with E-state index in [9.17, 15) is 0 Å². The van der Waals surface area contributed by atoms with Crippen molar-refractivity contribution in [2.24, 2.45) is 0 Å². The van der Waals surface area contributed by atoms with Crippen molar-refractivity contribution >= 4 is 50.4 Å². The molecule has 0 spiro atoms. The molecule has 0 aliphatic carbocycles. The highest BCUT2D eigenvalue weighted by Gasteiger charge is 2.09. The van der Waals surface area contributed by atoms with Gasteiger partial charge in [-0.05, 0) is 15.9 Å². The van der Waals surface area contributed by atoms with Gasteiger partial charge in [0.2, 0.25) is 0 Å². The number of imidazole rings is 2. The van der Waals surface area contributed by atoms with Crippen LogP contribution >= 0.6 is 39.1 Å². The molecule has 9 heteroatoms. The van der Waals surface area contributed by atoms with Crippen molar-refractivity contribution < 1.29 is 0 Å². The summed E-state index contributed by atoms with van der Waals surface area (Å²) >= 11 is 15.6. The maximum Gasteiger partial charge on any atom is 0.175 e. The lowest BCUT2D eigenvalue weighted by Crippen LogP contribution is -1.93. The molecule has 0 N–H and O–H groups in total. The van der Waals surface area contributed by atoms with Gasteiger partial charge in [-0.15, -0.1) is 0 Å². The Morgan fingerprint density at radius 1 is 0.697 bits per heavy atom. The van der Waals surface area contributed by atoms with Crippen LogP contribution in [0.4, 0.5) is 0 Å². The van der Waals surface area contributed by atoms with Gasteiger partial charge in [0.05, 0.1) is 17.6 Å². The summed E-state index contributed by atoms with van der Waals surface area (Å²) < 4.78 is 4.60. The van der Waals surface area contributed by atoms with Gasteiger partial charge in [-0.1, -0.05) is 83.9 Å². The zero-order chi connectivity index (χ0) is 22.8. The number of hydrogen-bond donors (Lipinski definition) is 0. The number of halogens is 3. The minimum absolute atomic E-state index is 0.400. The average Bonchev–Trinajstić information content (AvgIpc) is 3.48. The number of nitrogens with zero attached hydrogens (tertiary/aromatic N) is 6. The molecule has 0 atom stereocenters. The minimum atomic E-state index is 0.400. The Hall–Kier alpha value is -3.26. The molecular weight excluding hydrogens is 523 g/mol. The minimum Gasteiger partial charge on any atom is -0.302 e. The molecule has 0 amide bonds. The number of fused-ring (bicyclic) bond motifs is 2. The predicted octanol–water partition coefficient (Wildman–Crippen LogP) is 6.86. The van der Waals surface area contributed by atoms with Crippen LogP contribution in [-0.2, 0) is 0 Å². The van der Waals surface area contributed by atoms with Gasteiger partial charge in [0.25, 0.3) is 0 Å². The molecule has 0 aliphatic rings. The second-order valence-corrected chi connectivity index (χ2v) is 8.53. The third kappa shape index (κ3) is 4.48. The first kappa shape index (κ1) is 21.6. The van der Waals surface area contributed by atoms with E-state index < -0.39 is 0 Å². The molecule has 33 heavy (non-hydrogen) atoms. The summed E-state index contributed by atoms with van der Waals surface area (Å²) in [6.07, 6.45) is 9.10. The molecule has 0 radical (unpaired) electrons. The maximum atomic E-state index is 6.11. The maximum absolute atomic E-state index is 6.11. The Labute approximate surface area is 207 Å². The van der Waals surface area contributed by atoms with Crippen LogP contribution in [-0.4, -0.2) is 28.7 Å². The van der Waals surface area contributed by atoms with E-state index in [2.05, 4.69) is 35.9 Å². The first-order valence-electron chi connectivity index (χ1n) is 9.89. The molecule has 0 saturated carbocycles. The number of hydrogen-bond acceptors (Lipinski definition) is 4. The fourth-order valence-corrected chi connectivity index (χ4v) is 4.15. The molecule has 0 aliphatic heterocycles. The van der Waals surface area contributed by atoms with Crippen molar-refractivity contribution in [1.82, 2.24) is 28.7 Å². The average molecular weight is 538 g/mol. The third-order valence-corrected chi connectivity index (χ3v) is 5.97. The highest BCUT2D eigenvalue weighted by molar-refractivity contribution is 9.10. The van der Waals surface area contributed by atoms with Gasteiger partial charge in [0, 0.05) is 35.9 Å². The Morgan fingerprint density at radius 3 is 1.91 bits per heavy atom. The normalized spacial score (nSPS) is 10.9. The largest absolute Gasteiger partial charge is 0.302 e. The van der Waals surface area contributed by atoms with E-state index in [4.69, 9.17) is 23.2 Å². The van der Waals surface area contributed by atoms with Gasteiger partial charge in [0.1, 0.15) is 4.60 Å². The molecule has 4 aromatic heterocycles.